The molecule has 1 unspecified atom stereocenters. The molecular formula is C25H31F2NO5. The molecule has 1 aliphatic rings. The van der Waals surface area contributed by atoms with Crippen molar-refractivity contribution in [1.82, 2.24) is 4.90 Å². The molecule has 0 bridgehead atoms. The number of halogens is 2. The van der Waals surface area contributed by atoms with E-state index in [-0.39, 0.29) is 18.1 Å². The van der Waals surface area contributed by atoms with Crippen LogP contribution in [-0.4, -0.2) is 53.8 Å². The molecule has 2 aromatic carbocycles. The average molecular weight is 464 g/mol. The summed E-state index contributed by atoms with van der Waals surface area (Å²) in [4.78, 5) is 20.6. The van der Waals surface area contributed by atoms with Gasteiger partial charge in [0.2, 0.25) is 0 Å². The van der Waals surface area contributed by atoms with Gasteiger partial charge in [-0.2, -0.15) is 0 Å². The van der Waals surface area contributed by atoms with Crippen LogP contribution in [0.5, 0.6) is 0 Å². The molecule has 0 aromatic heterocycles. The van der Waals surface area contributed by atoms with Gasteiger partial charge in [-0.15, -0.1) is 0 Å². The Hall–Kier alpha value is -2.84. The van der Waals surface area contributed by atoms with Crippen LogP contribution >= 0.6 is 0 Å². The van der Waals surface area contributed by atoms with E-state index in [9.17, 15) is 8.78 Å². The maximum Gasteiger partial charge on any atom is 0.414 e. The van der Waals surface area contributed by atoms with Crippen LogP contribution in [0.15, 0.2) is 36.4 Å². The predicted octanol–water partition coefficient (Wildman–Crippen LogP) is 4.38. The van der Waals surface area contributed by atoms with E-state index >= 15 is 0 Å². The van der Waals surface area contributed by atoms with Crippen molar-refractivity contribution >= 4 is 11.9 Å². The average Bonchev–Trinajstić information content (AvgIpc) is 3.54. The molecule has 0 aliphatic heterocycles. The number of hydrogen-bond acceptors (Lipinski definition) is 4. The predicted molar refractivity (Wildman–Crippen MR) is 120 cm³/mol. The molecule has 3 rings (SSSR count). The van der Waals surface area contributed by atoms with Crippen molar-refractivity contribution in [2.24, 2.45) is 5.92 Å². The Labute approximate surface area is 192 Å². The number of benzene rings is 2. The van der Waals surface area contributed by atoms with Gasteiger partial charge in [-0.3, -0.25) is 0 Å². The number of carboxylic acid groups (broad SMARTS) is 2. The van der Waals surface area contributed by atoms with Gasteiger partial charge < -0.3 is 19.8 Å². The summed E-state index contributed by atoms with van der Waals surface area (Å²) in [5.74, 6) is -3.76. The van der Waals surface area contributed by atoms with E-state index in [2.05, 4.69) is 44.0 Å². The molecule has 6 nitrogen and oxygen atoms in total. The summed E-state index contributed by atoms with van der Waals surface area (Å²) in [5, 5.41) is 14.8. The lowest BCUT2D eigenvalue weighted by Gasteiger charge is -2.27. The second-order valence-electron chi connectivity index (χ2n) is 8.49. The largest absolute Gasteiger partial charge is 0.473 e. The van der Waals surface area contributed by atoms with Gasteiger partial charge in [-0.05, 0) is 68.5 Å². The molecule has 0 saturated heterocycles. The van der Waals surface area contributed by atoms with Crippen LogP contribution in [0.25, 0.3) is 0 Å². The smallest absolute Gasteiger partial charge is 0.414 e. The van der Waals surface area contributed by atoms with Crippen LogP contribution in [0, 0.1) is 31.4 Å². The number of aliphatic carboxylic acids is 2. The highest BCUT2D eigenvalue weighted by Crippen LogP contribution is 2.31. The van der Waals surface area contributed by atoms with Gasteiger partial charge in [0.05, 0.1) is 13.2 Å². The number of hydrogen-bond donors (Lipinski definition) is 2. The van der Waals surface area contributed by atoms with Crippen LogP contribution in [-0.2, 0) is 20.9 Å². The van der Waals surface area contributed by atoms with E-state index in [1.807, 2.05) is 0 Å². The number of carboxylic acids is 2. The Morgan fingerprint density at radius 1 is 1.03 bits per heavy atom. The SMILES string of the molecule is Cc1cccc(C)c1C(COCc1c(F)cccc1F)CN(C)CC1CC1.O=C(O)C(=O)O. The maximum absolute atomic E-state index is 13.9. The Morgan fingerprint density at radius 3 is 2.03 bits per heavy atom. The Morgan fingerprint density at radius 2 is 1.55 bits per heavy atom. The zero-order valence-corrected chi connectivity index (χ0v) is 19.2. The van der Waals surface area contributed by atoms with Crippen molar-refractivity contribution in [1.29, 1.82) is 0 Å². The highest BCUT2D eigenvalue weighted by molar-refractivity contribution is 6.27. The van der Waals surface area contributed by atoms with Crippen molar-refractivity contribution in [3.05, 3.63) is 70.3 Å². The molecule has 0 spiro atoms. The van der Waals surface area contributed by atoms with Crippen molar-refractivity contribution in [2.75, 3.05) is 26.7 Å². The first-order valence-electron chi connectivity index (χ1n) is 10.8. The standard InChI is InChI=1S/C23H29F2NO.C2H2O4/c1-16-6-4-7-17(2)23(16)19(13-26(3)12-18-10-11-18)14-27-15-20-21(24)8-5-9-22(20)25;3-1(4)2(5)6/h4-9,18-19H,10-15H2,1-3H3;(H,3,4)(H,5,6). The molecule has 180 valence electrons. The quantitative estimate of drug-likeness (QED) is 0.537. The van der Waals surface area contributed by atoms with Gasteiger partial charge in [0.15, 0.2) is 0 Å². The van der Waals surface area contributed by atoms with Crippen LogP contribution in [0.1, 0.15) is 41.0 Å². The van der Waals surface area contributed by atoms with Gasteiger partial charge in [-0.25, -0.2) is 18.4 Å². The van der Waals surface area contributed by atoms with E-state index < -0.39 is 23.6 Å². The zero-order chi connectivity index (χ0) is 24.5. The van der Waals surface area contributed by atoms with E-state index in [1.54, 1.807) is 0 Å². The molecule has 1 saturated carbocycles. The normalized spacial score (nSPS) is 13.9. The van der Waals surface area contributed by atoms with E-state index in [0.717, 1.165) is 19.0 Å². The van der Waals surface area contributed by atoms with Crippen molar-refractivity contribution < 1.29 is 33.3 Å². The molecular weight excluding hydrogens is 432 g/mol. The van der Waals surface area contributed by atoms with Gasteiger partial charge in [0, 0.05) is 24.6 Å². The number of ether oxygens (including phenoxy) is 1. The second-order valence-corrected chi connectivity index (χ2v) is 8.49. The van der Waals surface area contributed by atoms with Crippen LogP contribution in [0.2, 0.25) is 0 Å². The Bertz CT molecular complexity index is 909. The Kier molecular flexibility index (Phi) is 9.94. The minimum Gasteiger partial charge on any atom is -0.473 e. The van der Waals surface area contributed by atoms with E-state index in [4.69, 9.17) is 24.5 Å². The molecule has 0 radical (unpaired) electrons. The van der Waals surface area contributed by atoms with E-state index in [0.29, 0.717) is 6.61 Å². The highest BCUT2D eigenvalue weighted by atomic mass is 19.1. The molecule has 33 heavy (non-hydrogen) atoms. The fourth-order valence-corrected chi connectivity index (χ4v) is 3.86. The summed E-state index contributed by atoms with van der Waals surface area (Å²) < 4.78 is 33.5. The van der Waals surface area contributed by atoms with Gasteiger partial charge in [0.1, 0.15) is 11.6 Å². The monoisotopic (exact) mass is 463 g/mol. The number of carbonyl (C=O) groups is 2. The Balaban J connectivity index is 0.000000569. The van der Waals surface area contributed by atoms with Crippen molar-refractivity contribution in [3.63, 3.8) is 0 Å². The molecule has 1 atom stereocenters. The fraction of sp³-hybridized carbons (Fsp3) is 0.440. The molecule has 2 aromatic rings. The fourth-order valence-electron chi connectivity index (χ4n) is 3.86. The third kappa shape index (κ3) is 8.55. The number of rotatable bonds is 9. The first-order chi connectivity index (χ1) is 15.6. The molecule has 0 heterocycles. The van der Waals surface area contributed by atoms with E-state index in [1.165, 1.54) is 47.7 Å². The summed E-state index contributed by atoms with van der Waals surface area (Å²) in [7, 11) is 2.15. The number of aryl methyl sites for hydroxylation is 2. The first-order valence-corrected chi connectivity index (χ1v) is 10.8. The second kappa shape index (κ2) is 12.4. The topological polar surface area (TPSA) is 87.1 Å². The van der Waals surface area contributed by atoms with Gasteiger partial charge in [0.25, 0.3) is 0 Å². The van der Waals surface area contributed by atoms with Crippen LogP contribution in [0.4, 0.5) is 8.78 Å². The minimum absolute atomic E-state index is 0.00379. The maximum atomic E-state index is 13.9. The lowest BCUT2D eigenvalue weighted by molar-refractivity contribution is -0.159. The molecule has 0 amide bonds. The number of nitrogens with zero attached hydrogens (tertiary/aromatic N) is 1. The zero-order valence-electron chi connectivity index (χ0n) is 19.2. The molecule has 1 fully saturated rings. The van der Waals surface area contributed by atoms with Gasteiger partial charge in [-0.1, -0.05) is 24.3 Å². The summed E-state index contributed by atoms with van der Waals surface area (Å²) in [5.41, 5.74) is 3.76. The summed E-state index contributed by atoms with van der Waals surface area (Å²) in [6.07, 6.45) is 2.64. The first kappa shape index (κ1) is 26.4. The highest BCUT2D eigenvalue weighted by Gasteiger charge is 2.25. The van der Waals surface area contributed by atoms with Crippen molar-refractivity contribution in [3.8, 4) is 0 Å². The van der Waals surface area contributed by atoms with Crippen LogP contribution in [0.3, 0.4) is 0 Å². The third-order valence-corrected chi connectivity index (χ3v) is 5.56. The number of likely N-dealkylation sites (N-methyl/N-ethyl adjacent to an activating group) is 1. The molecule has 1 aliphatic carbocycles. The summed E-state index contributed by atoms with van der Waals surface area (Å²) >= 11 is 0. The summed E-state index contributed by atoms with van der Waals surface area (Å²) in [6.45, 7) is 6.60. The van der Waals surface area contributed by atoms with Gasteiger partial charge >= 0.3 is 11.9 Å². The van der Waals surface area contributed by atoms with Crippen LogP contribution < -0.4 is 0 Å². The third-order valence-electron chi connectivity index (χ3n) is 5.56. The van der Waals surface area contributed by atoms with Crippen molar-refractivity contribution in [2.45, 2.75) is 39.2 Å². The summed E-state index contributed by atoms with van der Waals surface area (Å²) in [6, 6.07) is 10.2. The lowest BCUT2D eigenvalue weighted by Crippen LogP contribution is -2.29. The minimum atomic E-state index is -1.82. The molecule has 8 heteroatoms. The molecule has 2 N–H and O–H groups in total. The lowest BCUT2D eigenvalue weighted by atomic mass is 9.90.